The van der Waals surface area contributed by atoms with Crippen molar-refractivity contribution in [2.75, 3.05) is 24.3 Å². The van der Waals surface area contributed by atoms with Gasteiger partial charge in [0.1, 0.15) is 0 Å². The highest BCUT2D eigenvalue weighted by atomic mass is 32.2. The summed E-state index contributed by atoms with van der Waals surface area (Å²) in [5.41, 5.74) is 0. The van der Waals surface area contributed by atoms with Gasteiger partial charge in [0.05, 0.1) is 11.7 Å². The summed E-state index contributed by atoms with van der Waals surface area (Å²) in [6, 6.07) is 0.484. The van der Waals surface area contributed by atoms with Crippen LogP contribution in [0.15, 0.2) is 4.52 Å². The number of thioether (sulfide) groups is 2. The van der Waals surface area contributed by atoms with E-state index >= 15 is 0 Å². The lowest BCUT2D eigenvalue weighted by Gasteiger charge is -2.15. The van der Waals surface area contributed by atoms with E-state index in [4.69, 9.17) is 4.52 Å². The van der Waals surface area contributed by atoms with Crippen LogP contribution in [-0.2, 0) is 5.75 Å². The molecule has 1 aliphatic heterocycles. The van der Waals surface area contributed by atoms with Gasteiger partial charge >= 0.3 is 0 Å². The number of nitrogens with one attached hydrogen (secondary N) is 1. The molecule has 2 heterocycles. The molecule has 1 fully saturated rings. The van der Waals surface area contributed by atoms with Crippen molar-refractivity contribution in [2.45, 2.75) is 24.6 Å². The molecule has 1 aromatic rings. The Balaban J connectivity index is 2.04. The van der Waals surface area contributed by atoms with Gasteiger partial charge in [-0.15, -0.1) is 0 Å². The highest BCUT2D eigenvalue weighted by Crippen LogP contribution is 2.32. The van der Waals surface area contributed by atoms with Crippen LogP contribution in [-0.4, -0.2) is 40.5 Å². The molecule has 0 aliphatic carbocycles. The maximum Gasteiger partial charge on any atom is 0.232 e. The minimum atomic E-state index is 0.382. The van der Waals surface area contributed by atoms with Crippen molar-refractivity contribution in [1.82, 2.24) is 15.5 Å². The third-order valence-corrected chi connectivity index (χ3v) is 4.36. The van der Waals surface area contributed by atoms with E-state index in [2.05, 4.69) is 22.4 Å². The number of hydrogen-bond donors (Lipinski definition) is 1. The molecule has 1 aliphatic rings. The van der Waals surface area contributed by atoms with E-state index in [1.165, 1.54) is 0 Å². The molecule has 0 saturated carbocycles. The smallest absolute Gasteiger partial charge is 0.232 e. The van der Waals surface area contributed by atoms with Gasteiger partial charge in [0.15, 0.2) is 5.82 Å². The molecule has 6 heteroatoms. The largest absolute Gasteiger partial charge is 0.339 e. The first-order chi connectivity index (χ1) is 7.85. The molecule has 0 amide bonds. The van der Waals surface area contributed by atoms with Crippen LogP contribution in [0.5, 0.6) is 0 Å². The molecule has 90 valence electrons. The lowest BCUT2D eigenvalue weighted by Crippen LogP contribution is -2.34. The third kappa shape index (κ3) is 2.73. The summed E-state index contributed by atoms with van der Waals surface area (Å²) in [5, 5.41) is 7.48. The van der Waals surface area contributed by atoms with Crippen LogP contribution in [0.3, 0.4) is 0 Å². The Kier molecular flexibility index (Phi) is 4.55. The highest BCUT2D eigenvalue weighted by molar-refractivity contribution is 7.99. The summed E-state index contributed by atoms with van der Waals surface area (Å²) in [7, 11) is 0. The van der Waals surface area contributed by atoms with E-state index in [0.29, 0.717) is 12.0 Å². The highest BCUT2D eigenvalue weighted by Gasteiger charge is 2.32. The average Bonchev–Trinajstić information content (AvgIpc) is 2.87. The standard InChI is InChI=1S/C10H17N3OS2/c1-3-11-8-5-16-4-7(8)10-12-9(6-15-2)13-14-10/h7-8,11H,3-6H2,1-2H3. The number of nitrogens with zero attached hydrogens (tertiary/aromatic N) is 2. The molecular weight excluding hydrogens is 242 g/mol. The van der Waals surface area contributed by atoms with Gasteiger partial charge in [-0.05, 0) is 12.8 Å². The summed E-state index contributed by atoms with van der Waals surface area (Å²) in [5.74, 6) is 5.05. The molecule has 1 N–H and O–H groups in total. The fourth-order valence-corrected chi connectivity index (χ4v) is 3.61. The second-order valence-corrected chi connectivity index (χ2v) is 5.73. The molecule has 0 radical (unpaired) electrons. The van der Waals surface area contributed by atoms with Crippen molar-refractivity contribution in [3.8, 4) is 0 Å². The van der Waals surface area contributed by atoms with Crippen molar-refractivity contribution in [3.05, 3.63) is 11.7 Å². The third-order valence-electron chi connectivity index (χ3n) is 2.62. The molecule has 1 saturated heterocycles. The molecule has 2 atom stereocenters. The van der Waals surface area contributed by atoms with Gasteiger partial charge in [-0.25, -0.2) is 0 Å². The van der Waals surface area contributed by atoms with Gasteiger partial charge in [0.25, 0.3) is 0 Å². The van der Waals surface area contributed by atoms with Crippen LogP contribution in [0, 0.1) is 0 Å². The number of rotatable bonds is 5. The average molecular weight is 259 g/mol. The van der Waals surface area contributed by atoms with Crippen molar-refractivity contribution in [1.29, 1.82) is 0 Å². The number of likely N-dealkylation sites (N-methyl/N-ethyl adjacent to an activating group) is 1. The van der Waals surface area contributed by atoms with Crippen LogP contribution in [0.2, 0.25) is 0 Å². The monoisotopic (exact) mass is 259 g/mol. The first-order valence-corrected chi connectivity index (χ1v) is 8.02. The maximum absolute atomic E-state index is 5.35. The molecule has 2 unspecified atom stereocenters. The lowest BCUT2D eigenvalue weighted by atomic mass is 10.0. The van der Waals surface area contributed by atoms with Gasteiger partial charge < -0.3 is 9.84 Å². The Bertz CT molecular complexity index is 332. The first kappa shape index (κ1) is 12.3. The molecule has 1 aromatic heterocycles. The van der Waals surface area contributed by atoms with E-state index in [-0.39, 0.29) is 0 Å². The Morgan fingerprint density at radius 1 is 1.56 bits per heavy atom. The molecular formula is C10H17N3OS2. The van der Waals surface area contributed by atoms with E-state index in [9.17, 15) is 0 Å². The molecule has 4 nitrogen and oxygen atoms in total. The van der Waals surface area contributed by atoms with Crippen LogP contribution >= 0.6 is 23.5 Å². The predicted octanol–water partition coefficient (Wildman–Crippen LogP) is 1.74. The Morgan fingerprint density at radius 2 is 2.44 bits per heavy atom. The van der Waals surface area contributed by atoms with Crippen LogP contribution < -0.4 is 5.32 Å². The minimum absolute atomic E-state index is 0.382. The summed E-state index contributed by atoms with van der Waals surface area (Å²) in [6.07, 6.45) is 2.04. The zero-order valence-electron chi connectivity index (χ0n) is 9.60. The lowest BCUT2D eigenvalue weighted by molar-refractivity contribution is 0.338. The quantitative estimate of drug-likeness (QED) is 0.869. The summed E-state index contributed by atoms with van der Waals surface area (Å²) >= 11 is 3.67. The molecule has 0 bridgehead atoms. The van der Waals surface area contributed by atoms with E-state index in [0.717, 1.165) is 35.5 Å². The van der Waals surface area contributed by atoms with Gasteiger partial charge in [0.2, 0.25) is 5.89 Å². The van der Waals surface area contributed by atoms with Crippen molar-refractivity contribution in [3.63, 3.8) is 0 Å². The fraction of sp³-hybridized carbons (Fsp3) is 0.800. The zero-order valence-corrected chi connectivity index (χ0v) is 11.2. The van der Waals surface area contributed by atoms with Crippen molar-refractivity contribution >= 4 is 23.5 Å². The molecule has 0 spiro atoms. The summed E-state index contributed by atoms with van der Waals surface area (Å²) in [4.78, 5) is 4.46. The number of hydrogen-bond acceptors (Lipinski definition) is 6. The maximum atomic E-state index is 5.35. The Hall–Kier alpha value is -0.200. The van der Waals surface area contributed by atoms with E-state index in [1.807, 2.05) is 18.0 Å². The zero-order chi connectivity index (χ0) is 11.4. The number of aromatic nitrogens is 2. The fourth-order valence-electron chi connectivity index (χ4n) is 1.87. The predicted molar refractivity (Wildman–Crippen MR) is 69.0 cm³/mol. The van der Waals surface area contributed by atoms with Crippen LogP contribution in [0.25, 0.3) is 0 Å². The first-order valence-electron chi connectivity index (χ1n) is 5.47. The van der Waals surface area contributed by atoms with Crippen molar-refractivity contribution < 1.29 is 4.52 Å². The second kappa shape index (κ2) is 5.93. The van der Waals surface area contributed by atoms with Gasteiger partial charge in [-0.2, -0.15) is 28.5 Å². The van der Waals surface area contributed by atoms with E-state index < -0.39 is 0 Å². The molecule has 0 aromatic carbocycles. The van der Waals surface area contributed by atoms with Gasteiger partial charge in [-0.1, -0.05) is 12.1 Å². The van der Waals surface area contributed by atoms with Crippen LogP contribution in [0.4, 0.5) is 0 Å². The van der Waals surface area contributed by atoms with Gasteiger partial charge in [0, 0.05) is 17.5 Å². The summed E-state index contributed by atoms with van der Waals surface area (Å²) < 4.78 is 5.35. The van der Waals surface area contributed by atoms with Crippen LogP contribution in [0.1, 0.15) is 24.6 Å². The Morgan fingerprint density at radius 3 is 3.19 bits per heavy atom. The SMILES string of the molecule is CCNC1CSCC1c1nc(CSC)no1. The molecule has 2 rings (SSSR count). The topological polar surface area (TPSA) is 51.0 Å². The normalized spacial score (nSPS) is 25.1. The Labute approximate surface area is 104 Å². The summed E-state index contributed by atoms with van der Waals surface area (Å²) in [6.45, 7) is 3.13. The second-order valence-electron chi connectivity index (χ2n) is 3.79. The van der Waals surface area contributed by atoms with Gasteiger partial charge in [-0.3, -0.25) is 0 Å². The van der Waals surface area contributed by atoms with E-state index in [1.54, 1.807) is 11.8 Å². The molecule has 16 heavy (non-hydrogen) atoms. The minimum Gasteiger partial charge on any atom is -0.339 e. The van der Waals surface area contributed by atoms with Crippen molar-refractivity contribution in [2.24, 2.45) is 0 Å².